The van der Waals surface area contributed by atoms with Crippen LogP contribution in [0.5, 0.6) is 0 Å². The summed E-state index contributed by atoms with van der Waals surface area (Å²) in [6, 6.07) is 22.2. The van der Waals surface area contributed by atoms with E-state index in [0.717, 1.165) is 16.8 Å². The molecule has 1 atom stereocenters. The lowest BCUT2D eigenvalue weighted by Crippen LogP contribution is -2.34. The summed E-state index contributed by atoms with van der Waals surface area (Å²) in [7, 11) is 5.45. The van der Waals surface area contributed by atoms with Gasteiger partial charge < -0.3 is 20.4 Å². The number of rotatable bonds is 8. The van der Waals surface area contributed by atoms with E-state index in [0.29, 0.717) is 35.7 Å². The number of nitrogens with zero attached hydrogens (tertiary/aromatic N) is 3. The molecule has 3 aromatic carbocycles. The van der Waals surface area contributed by atoms with Crippen LogP contribution in [0.3, 0.4) is 0 Å². The van der Waals surface area contributed by atoms with Crippen LogP contribution in [0.4, 0.5) is 17.1 Å². The van der Waals surface area contributed by atoms with E-state index in [1.54, 1.807) is 24.1 Å². The van der Waals surface area contributed by atoms with Gasteiger partial charge in [-0.05, 0) is 68.5 Å². The number of nitrogens with one attached hydrogen (secondary N) is 2. The lowest BCUT2D eigenvalue weighted by molar-refractivity contribution is -0.119. The molecule has 8 nitrogen and oxygen atoms in total. The summed E-state index contributed by atoms with van der Waals surface area (Å²) in [6.07, 6.45) is 0. The Bertz CT molecular complexity index is 1330. The molecule has 3 aromatic rings. The van der Waals surface area contributed by atoms with Gasteiger partial charge in [-0.2, -0.15) is 0 Å². The van der Waals surface area contributed by atoms with Gasteiger partial charge in [-0.15, -0.1) is 0 Å². The molecule has 0 fully saturated rings. The summed E-state index contributed by atoms with van der Waals surface area (Å²) >= 11 is 0. The average molecular weight is 498 g/mol. The number of carbonyl (C=O) groups excluding carboxylic acids is 3. The molecule has 0 aliphatic carbocycles. The molecule has 190 valence electrons. The van der Waals surface area contributed by atoms with Crippen LogP contribution in [-0.4, -0.2) is 62.6 Å². The Morgan fingerprint density at radius 2 is 1.65 bits per heavy atom. The first-order valence-electron chi connectivity index (χ1n) is 12.2. The van der Waals surface area contributed by atoms with Crippen LogP contribution in [-0.2, 0) is 9.59 Å². The smallest absolute Gasteiger partial charge is 0.251 e. The van der Waals surface area contributed by atoms with E-state index in [1.807, 2.05) is 86.6 Å². The minimum absolute atomic E-state index is 0.0163. The number of anilines is 2. The minimum Gasteiger partial charge on any atom is -0.352 e. The maximum absolute atomic E-state index is 13.2. The standard InChI is InChI=1S/C29H31N5O3/c1-5-30-28(36)20-11-16-23-24(17-20)32-29(37)26(23)27(19-9-7-6-8-10-19)31-21-12-14-22(15-13-21)34(4)25(35)18-33(2)3/h6-17,26H,5,18H2,1-4H3,(H,30,36)(H,32,37). The Morgan fingerprint density at radius 1 is 0.946 bits per heavy atom. The maximum atomic E-state index is 13.2. The van der Waals surface area contributed by atoms with Crippen LogP contribution in [0.25, 0.3) is 0 Å². The second kappa shape index (κ2) is 11.2. The van der Waals surface area contributed by atoms with Gasteiger partial charge in [0.1, 0.15) is 5.92 Å². The van der Waals surface area contributed by atoms with Gasteiger partial charge in [0.2, 0.25) is 11.8 Å². The number of hydrogen-bond acceptors (Lipinski definition) is 5. The summed E-state index contributed by atoms with van der Waals surface area (Å²) in [5.41, 5.74) is 4.72. The van der Waals surface area contributed by atoms with Crippen molar-refractivity contribution in [2.24, 2.45) is 4.99 Å². The summed E-state index contributed by atoms with van der Waals surface area (Å²) in [5, 5.41) is 5.71. The fourth-order valence-corrected chi connectivity index (χ4v) is 4.25. The lowest BCUT2D eigenvalue weighted by atomic mass is 9.90. The fraction of sp³-hybridized carbons (Fsp3) is 0.241. The van der Waals surface area contributed by atoms with Crippen molar-refractivity contribution in [3.8, 4) is 0 Å². The second-order valence-corrected chi connectivity index (χ2v) is 9.15. The molecular weight excluding hydrogens is 466 g/mol. The Labute approximate surface area is 217 Å². The number of aliphatic imine (C=N–C) groups is 1. The third-order valence-electron chi connectivity index (χ3n) is 6.14. The van der Waals surface area contributed by atoms with Gasteiger partial charge in [-0.3, -0.25) is 19.4 Å². The van der Waals surface area contributed by atoms with Gasteiger partial charge in [-0.25, -0.2) is 0 Å². The first kappa shape index (κ1) is 25.8. The first-order valence-corrected chi connectivity index (χ1v) is 12.2. The van der Waals surface area contributed by atoms with Crippen LogP contribution < -0.4 is 15.5 Å². The van der Waals surface area contributed by atoms with Crippen molar-refractivity contribution in [1.29, 1.82) is 0 Å². The van der Waals surface area contributed by atoms with Gasteiger partial charge >= 0.3 is 0 Å². The highest BCUT2D eigenvalue weighted by Crippen LogP contribution is 2.37. The highest BCUT2D eigenvalue weighted by atomic mass is 16.2. The van der Waals surface area contributed by atoms with E-state index in [4.69, 9.17) is 4.99 Å². The van der Waals surface area contributed by atoms with Crippen LogP contribution in [0, 0.1) is 0 Å². The van der Waals surface area contributed by atoms with Crippen molar-refractivity contribution in [3.05, 3.63) is 89.5 Å². The molecular formula is C29H31N5O3. The normalized spacial score (nSPS) is 14.8. The summed E-state index contributed by atoms with van der Waals surface area (Å²) in [4.78, 5) is 46.3. The van der Waals surface area contributed by atoms with Crippen molar-refractivity contribution in [2.75, 3.05) is 44.4 Å². The Hall–Kier alpha value is -4.30. The van der Waals surface area contributed by atoms with Crippen molar-refractivity contribution >= 4 is 40.5 Å². The van der Waals surface area contributed by atoms with Crippen LogP contribution in [0.1, 0.15) is 34.3 Å². The molecule has 3 amide bonds. The number of amides is 3. The quantitative estimate of drug-likeness (QED) is 0.463. The van der Waals surface area contributed by atoms with Gasteiger partial charge in [0.05, 0.1) is 17.9 Å². The molecule has 0 aromatic heterocycles. The van der Waals surface area contributed by atoms with E-state index in [9.17, 15) is 14.4 Å². The van der Waals surface area contributed by atoms with Gasteiger partial charge in [0.15, 0.2) is 0 Å². The van der Waals surface area contributed by atoms with Gasteiger partial charge in [0, 0.05) is 30.5 Å². The van der Waals surface area contributed by atoms with Crippen molar-refractivity contribution in [1.82, 2.24) is 10.2 Å². The molecule has 1 aliphatic heterocycles. The SMILES string of the molecule is CCNC(=O)c1ccc2c(c1)NC(=O)C2C(=Nc1ccc(N(C)C(=O)CN(C)C)cc1)c1ccccc1. The van der Waals surface area contributed by atoms with E-state index in [1.165, 1.54) is 0 Å². The molecule has 1 heterocycles. The lowest BCUT2D eigenvalue weighted by Gasteiger charge is -2.20. The number of hydrogen-bond donors (Lipinski definition) is 2. The van der Waals surface area contributed by atoms with E-state index in [-0.39, 0.29) is 17.7 Å². The molecule has 37 heavy (non-hydrogen) atoms. The molecule has 4 rings (SSSR count). The molecule has 0 bridgehead atoms. The molecule has 8 heteroatoms. The van der Waals surface area contributed by atoms with Crippen molar-refractivity contribution < 1.29 is 14.4 Å². The van der Waals surface area contributed by atoms with Gasteiger partial charge in [-0.1, -0.05) is 36.4 Å². The maximum Gasteiger partial charge on any atom is 0.251 e. The summed E-state index contributed by atoms with van der Waals surface area (Å²) < 4.78 is 0. The number of carbonyl (C=O) groups is 3. The highest BCUT2D eigenvalue weighted by Gasteiger charge is 2.35. The minimum atomic E-state index is -0.635. The molecule has 0 saturated heterocycles. The zero-order valence-electron chi connectivity index (χ0n) is 21.5. The molecule has 0 radical (unpaired) electrons. The molecule has 1 aliphatic rings. The average Bonchev–Trinajstić information content (AvgIpc) is 3.22. The first-order chi connectivity index (χ1) is 17.8. The third kappa shape index (κ3) is 5.76. The van der Waals surface area contributed by atoms with Crippen molar-refractivity contribution in [2.45, 2.75) is 12.8 Å². The topological polar surface area (TPSA) is 94.1 Å². The summed E-state index contributed by atoms with van der Waals surface area (Å²) in [6.45, 7) is 2.69. The monoisotopic (exact) mass is 497 g/mol. The third-order valence-corrected chi connectivity index (χ3v) is 6.14. The molecule has 0 saturated carbocycles. The zero-order valence-corrected chi connectivity index (χ0v) is 21.5. The number of likely N-dealkylation sites (N-methyl/N-ethyl adjacent to an activating group) is 2. The number of benzene rings is 3. The van der Waals surface area contributed by atoms with Crippen LogP contribution in [0.15, 0.2) is 77.8 Å². The van der Waals surface area contributed by atoms with E-state index in [2.05, 4.69) is 10.6 Å². The molecule has 0 spiro atoms. The molecule has 2 N–H and O–H groups in total. The Balaban J connectivity index is 1.70. The zero-order chi connectivity index (χ0) is 26.5. The van der Waals surface area contributed by atoms with E-state index < -0.39 is 5.92 Å². The highest BCUT2D eigenvalue weighted by molar-refractivity contribution is 6.24. The summed E-state index contributed by atoms with van der Waals surface area (Å²) in [5.74, 6) is -1.03. The molecule has 1 unspecified atom stereocenters. The largest absolute Gasteiger partial charge is 0.352 e. The van der Waals surface area contributed by atoms with Crippen molar-refractivity contribution in [3.63, 3.8) is 0 Å². The van der Waals surface area contributed by atoms with Crippen LogP contribution >= 0.6 is 0 Å². The Kier molecular flexibility index (Phi) is 7.79. The predicted octanol–water partition coefficient (Wildman–Crippen LogP) is 3.82. The fourth-order valence-electron chi connectivity index (χ4n) is 4.25. The van der Waals surface area contributed by atoms with Gasteiger partial charge in [0.25, 0.3) is 5.91 Å². The second-order valence-electron chi connectivity index (χ2n) is 9.15. The Morgan fingerprint density at radius 3 is 2.30 bits per heavy atom. The predicted molar refractivity (Wildman–Crippen MR) is 147 cm³/mol. The number of fused-ring (bicyclic) bond motifs is 1. The van der Waals surface area contributed by atoms with E-state index >= 15 is 0 Å². The van der Waals surface area contributed by atoms with Crippen LogP contribution in [0.2, 0.25) is 0 Å².